The van der Waals surface area contributed by atoms with Gasteiger partial charge in [0.25, 0.3) is 0 Å². The molecule has 2 rings (SSSR count). The SMILES string of the molecule is COc1ccc(NCC(=O)Nc2ccc(F)cc2)cc1F. The van der Waals surface area contributed by atoms with Crippen molar-refractivity contribution in [2.75, 3.05) is 24.3 Å². The fraction of sp³-hybridized carbons (Fsp3) is 0.133. The zero-order valence-corrected chi connectivity index (χ0v) is 11.3. The number of amides is 1. The van der Waals surface area contributed by atoms with Gasteiger partial charge in [-0.3, -0.25) is 4.79 Å². The summed E-state index contributed by atoms with van der Waals surface area (Å²) in [5.41, 5.74) is 0.951. The number of rotatable bonds is 5. The molecule has 0 aliphatic carbocycles. The molecule has 0 unspecified atom stereocenters. The Kier molecular flexibility index (Phi) is 4.71. The van der Waals surface area contributed by atoms with Gasteiger partial charge in [-0.25, -0.2) is 8.78 Å². The van der Waals surface area contributed by atoms with Crippen LogP contribution in [0, 0.1) is 11.6 Å². The molecule has 21 heavy (non-hydrogen) atoms. The van der Waals surface area contributed by atoms with Crippen LogP contribution in [-0.2, 0) is 4.79 Å². The van der Waals surface area contributed by atoms with E-state index in [1.807, 2.05) is 0 Å². The maximum Gasteiger partial charge on any atom is 0.243 e. The molecular formula is C15H14F2N2O2. The highest BCUT2D eigenvalue weighted by molar-refractivity contribution is 5.93. The van der Waals surface area contributed by atoms with Crippen molar-refractivity contribution < 1.29 is 18.3 Å². The molecule has 0 aliphatic rings. The van der Waals surface area contributed by atoms with Crippen LogP contribution in [-0.4, -0.2) is 19.6 Å². The van der Waals surface area contributed by atoms with Crippen LogP contribution in [0.1, 0.15) is 0 Å². The molecule has 0 bridgehead atoms. The topological polar surface area (TPSA) is 50.4 Å². The third kappa shape index (κ3) is 4.17. The Morgan fingerprint density at radius 2 is 1.76 bits per heavy atom. The largest absolute Gasteiger partial charge is 0.494 e. The molecule has 0 fully saturated rings. The molecule has 4 nitrogen and oxygen atoms in total. The zero-order valence-electron chi connectivity index (χ0n) is 11.3. The first-order valence-electron chi connectivity index (χ1n) is 6.21. The van der Waals surface area contributed by atoms with Crippen molar-refractivity contribution in [3.63, 3.8) is 0 Å². The molecule has 0 spiro atoms. The van der Waals surface area contributed by atoms with Crippen LogP contribution in [0.2, 0.25) is 0 Å². The summed E-state index contributed by atoms with van der Waals surface area (Å²) in [6.07, 6.45) is 0. The third-order valence-corrected chi connectivity index (χ3v) is 2.73. The van der Waals surface area contributed by atoms with E-state index < -0.39 is 5.82 Å². The molecule has 0 saturated carbocycles. The summed E-state index contributed by atoms with van der Waals surface area (Å²) in [6.45, 7) is -0.0385. The first kappa shape index (κ1) is 14.8. The number of carbonyl (C=O) groups excluding carboxylic acids is 1. The van der Waals surface area contributed by atoms with Crippen molar-refractivity contribution in [3.05, 3.63) is 54.1 Å². The molecule has 0 saturated heterocycles. The highest BCUT2D eigenvalue weighted by Gasteiger charge is 2.06. The number of methoxy groups -OCH3 is 1. The van der Waals surface area contributed by atoms with Crippen molar-refractivity contribution in [1.29, 1.82) is 0 Å². The fourth-order valence-electron chi connectivity index (χ4n) is 1.70. The van der Waals surface area contributed by atoms with Crippen LogP contribution in [0.15, 0.2) is 42.5 Å². The van der Waals surface area contributed by atoms with E-state index in [9.17, 15) is 13.6 Å². The third-order valence-electron chi connectivity index (χ3n) is 2.73. The normalized spacial score (nSPS) is 10.0. The Labute approximate surface area is 120 Å². The van der Waals surface area contributed by atoms with Crippen molar-refractivity contribution in [1.82, 2.24) is 0 Å². The second kappa shape index (κ2) is 6.69. The van der Waals surface area contributed by atoms with Gasteiger partial charge in [0.15, 0.2) is 11.6 Å². The molecule has 6 heteroatoms. The van der Waals surface area contributed by atoms with Gasteiger partial charge in [-0.05, 0) is 36.4 Å². The van der Waals surface area contributed by atoms with Gasteiger partial charge >= 0.3 is 0 Å². The number of hydrogen-bond donors (Lipinski definition) is 2. The van der Waals surface area contributed by atoms with Gasteiger partial charge in [-0.2, -0.15) is 0 Å². The standard InChI is InChI=1S/C15H14F2N2O2/c1-21-14-7-6-12(8-13(14)17)18-9-15(20)19-11-4-2-10(16)3-5-11/h2-8,18H,9H2,1H3,(H,19,20). The summed E-state index contributed by atoms with van der Waals surface area (Å²) >= 11 is 0. The van der Waals surface area contributed by atoms with Crippen LogP contribution in [0.3, 0.4) is 0 Å². The Bertz CT molecular complexity index is 630. The van der Waals surface area contributed by atoms with E-state index in [-0.39, 0.29) is 24.0 Å². The lowest BCUT2D eigenvalue weighted by atomic mass is 10.3. The lowest BCUT2D eigenvalue weighted by Gasteiger charge is -2.09. The van der Waals surface area contributed by atoms with Crippen LogP contribution in [0.4, 0.5) is 20.2 Å². The predicted octanol–water partition coefficient (Wildman–Crippen LogP) is 3.02. The van der Waals surface area contributed by atoms with E-state index in [0.717, 1.165) is 0 Å². The number of ether oxygens (including phenoxy) is 1. The van der Waals surface area contributed by atoms with Gasteiger partial charge in [0.2, 0.25) is 5.91 Å². The average Bonchev–Trinajstić information content (AvgIpc) is 2.48. The Morgan fingerprint density at radius 3 is 2.38 bits per heavy atom. The summed E-state index contributed by atoms with van der Waals surface area (Å²) in [4.78, 5) is 11.7. The Hall–Kier alpha value is -2.63. The van der Waals surface area contributed by atoms with Crippen molar-refractivity contribution in [2.45, 2.75) is 0 Å². The van der Waals surface area contributed by atoms with Gasteiger partial charge in [0.1, 0.15) is 5.82 Å². The summed E-state index contributed by atoms with van der Waals surface area (Å²) < 4.78 is 31.0. The van der Waals surface area contributed by atoms with E-state index in [1.165, 1.54) is 43.5 Å². The first-order valence-corrected chi connectivity index (χ1v) is 6.21. The second-order valence-electron chi connectivity index (χ2n) is 4.26. The molecule has 0 atom stereocenters. The number of carbonyl (C=O) groups is 1. The molecule has 0 heterocycles. The maximum atomic E-state index is 13.5. The van der Waals surface area contributed by atoms with Crippen molar-refractivity contribution in [3.8, 4) is 5.75 Å². The smallest absolute Gasteiger partial charge is 0.243 e. The molecule has 0 aromatic heterocycles. The second-order valence-corrected chi connectivity index (χ2v) is 4.26. The number of halogens is 2. The molecule has 2 aromatic rings. The monoisotopic (exact) mass is 292 g/mol. The van der Waals surface area contributed by atoms with Gasteiger partial charge in [-0.1, -0.05) is 0 Å². The van der Waals surface area contributed by atoms with Crippen LogP contribution in [0.5, 0.6) is 5.75 Å². The fourth-order valence-corrected chi connectivity index (χ4v) is 1.70. The molecule has 2 aromatic carbocycles. The van der Waals surface area contributed by atoms with Gasteiger partial charge in [0, 0.05) is 17.4 Å². The predicted molar refractivity (Wildman–Crippen MR) is 76.5 cm³/mol. The highest BCUT2D eigenvalue weighted by atomic mass is 19.1. The number of nitrogens with one attached hydrogen (secondary N) is 2. The Morgan fingerprint density at radius 1 is 1.10 bits per heavy atom. The quantitative estimate of drug-likeness (QED) is 0.890. The average molecular weight is 292 g/mol. The van der Waals surface area contributed by atoms with E-state index >= 15 is 0 Å². The summed E-state index contributed by atoms with van der Waals surface area (Å²) in [5.74, 6) is -1.07. The van der Waals surface area contributed by atoms with Crippen LogP contribution in [0.25, 0.3) is 0 Å². The molecule has 1 amide bonds. The molecular weight excluding hydrogens is 278 g/mol. The first-order chi connectivity index (χ1) is 10.1. The summed E-state index contributed by atoms with van der Waals surface area (Å²) in [6, 6.07) is 9.73. The van der Waals surface area contributed by atoms with E-state index in [4.69, 9.17) is 4.74 Å². The number of benzene rings is 2. The number of hydrogen-bond acceptors (Lipinski definition) is 3. The van der Waals surface area contributed by atoms with Gasteiger partial charge < -0.3 is 15.4 Å². The maximum absolute atomic E-state index is 13.5. The minimum Gasteiger partial charge on any atom is -0.494 e. The van der Waals surface area contributed by atoms with Crippen molar-refractivity contribution in [2.24, 2.45) is 0 Å². The minimum atomic E-state index is -0.513. The van der Waals surface area contributed by atoms with Crippen LogP contribution < -0.4 is 15.4 Å². The highest BCUT2D eigenvalue weighted by Crippen LogP contribution is 2.20. The summed E-state index contributed by atoms with van der Waals surface area (Å²) in [5, 5.41) is 5.38. The van der Waals surface area contributed by atoms with Crippen LogP contribution >= 0.6 is 0 Å². The summed E-state index contributed by atoms with van der Waals surface area (Å²) in [7, 11) is 1.38. The van der Waals surface area contributed by atoms with Gasteiger partial charge in [-0.15, -0.1) is 0 Å². The lowest BCUT2D eigenvalue weighted by molar-refractivity contribution is -0.114. The van der Waals surface area contributed by atoms with Gasteiger partial charge in [0.05, 0.1) is 13.7 Å². The van der Waals surface area contributed by atoms with E-state index in [0.29, 0.717) is 11.4 Å². The molecule has 110 valence electrons. The van der Waals surface area contributed by atoms with Crippen molar-refractivity contribution >= 4 is 17.3 Å². The zero-order chi connectivity index (χ0) is 15.2. The minimum absolute atomic E-state index is 0.0385. The molecule has 2 N–H and O–H groups in total. The van der Waals surface area contributed by atoms with E-state index in [2.05, 4.69) is 10.6 Å². The lowest BCUT2D eigenvalue weighted by Crippen LogP contribution is -2.21. The molecule has 0 aliphatic heterocycles. The number of anilines is 2. The van der Waals surface area contributed by atoms with E-state index in [1.54, 1.807) is 6.07 Å². The molecule has 0 radical (unpaired) electrons. The Balaban J connectivity index is 1.89.